The number of para-hydroxylation sites is 1. The molecule has 1 aliphatic heterocycles. The lowest BCUT2D eigenvalue weighted by Crippen LogP contribution is -2.31. The second kappa shape index (κ2) is 6.88. The van der Waals surface area contributed by atoms with Gasteiger partial charge >= 0.3 is 0 Å². The van der Waals surface area contributed by atoms with Crippen molar-refractivity contribution >= 4 is 22.7 Å². The summed E-state index contributed by atoms with van der Waals surface area (Å²) >= 11 is 0. The molecule has 0 N–H and O–H groups in total. The maximum atomic E-state index is 2.59. The molecule has 0 saturated carbocycles. The van der Waals surface area contributed by atoms with Crippen molar-refractivity contribution in [1.29, 1.82) is 0 Å². The SMILES string of the molecule is CCc1cccc(CC)c1[N+]1=CC(C)(c2cccc3ccccc23)CC1(C)C. The van der Waals surface area contributed by atoms with Gasteiger partial charge in [-0.25, -0.2) is 0 Å². The summed E-state index contributed by atoms with van der Waals surface area (Å²) in [4.78, 5) is 0. The fourth-order valence-corrected chi connectivity index (χ4v) is 5.27. The summed E-state index contributed by atoms with van der Waals surface area (Å²) < 4.78 is 2.59. The van der Waals surface area contributed by atoms with Crippen LogP contribution >= 0.6 is 0 Å². The van der Waals surface area contributed by atoms with Crippen molar-refractivity contribution in [2.75, 3.05) is 0 Å². The first-order valence-corrected chi connectivity index (χ1v) is 10.6. The molecule has 1 aliphatic rings. The quantitative estimate of drug-likeness (QED) is 0.443. The first kappa shape index (κ1) is 18.9. The summed E-state index contributed by atoms with van der Waals surface area (Å²) in [5.41, 5.74) is 5.85. The Bertz CT molecular complexity index is 1030. The second-order valence-electron chi connectivity index (χ2n) is 9.06. The van der Waals surface area contributed by atoms with Crippen LogP contribution in [-0.2, 0) is 18.3 Å². The molecule has 0 fully saturated rings. The third kappa shape index (κ3) is 2.98. The first-order valence-electron chi connectivity index (χ1n) is 10.6. The minimum absolute atomic E-state index is 0.0101. The topological polar surface area (TPSA) is 3.01 Å². The van der Waals surface area contributed by atoms with Gasteiger partial charge in [-0.1, -0.05) is 74.5 Å². The van der Waals surface area contributed by atoms with E-state index in [1.54, 1.807) is 0 Å². The minimum atomic E-state index is 0.0101. The molecule has 0 amide bonds. The highest BCUT2D eigenvalue weighted by Gasteiger charge is 2.50. The molecule has 0 aliphatic carbocycles. The smallest absolute Gasteiger partial charge is 0.197 e. The Labute approximate surface area is 169 Å². The molecular weight excluding hydrogens is 338 g/mol. The number of aryl methyl sites for hydroxylation is 2. The highest BCUT2D eigenvalue weighted by molar-refractivity contribution is 5.90. The monoisotopic (exact) mass is 370 g/mol. The van der Waals surface area contributed by atoms with E-state index in [4.69, 9.17) is 0 Å². The van der Waals surface area contributed by atoms with E-state index in [9.17, 15) is 0 Å². The largest absolute Gasteiger partial charge is 0.211 e. The Hall–Kier alpha value is -2.41. The zero-order valence-electron chi connectivity index (χ0n) is 17.9. The Balaban J connectivity index is 1.95. The third-order valence-electron chi connectivity index (χ3n) is 6.48. The molecule has 28 heavy (non-hydrogen) atoms. The third-order valence-corrected chi connectivity index (χ3v) is 6.48. The number of rotatable bonds is 4. The van der Waals surface area contributed by atoms with Crippen LogP contribution < -0.4 is 0 Å². The highest BCUT2D eigenvalue weighted by atomic mass is 15.1. The molecule has 0 saturated heterocycles. The number of hydrogen-bond donors (Lipinski definition) is 0. The predicted octanol–water partition coefficient (Wildman–Crippen LogP) is 6.82. The lowest BCUT2D eigenvalue weighted by molar-refractivity contribution is -0.512. The van der Waals surface area contributed by atoms with Crippen LogP contribution in [0.4, 0.5) is 5.69 Å². The van der Waals surface area contributed by atoms with Crippen molar-refractivity contribution in [2.45, 2.75) is 64.8 Å². The molecule has 1 atom stereocenters. The molecule has 1 heteroatoms. The van der Waals surface area contributed by atoms with Gasteiger partial charge in [0.05, 0.1) is 5.41 Å². The Morgan fingerprint density at radius 2 is 1.39 bits per heavy atom. The Kier molecular flexibility index (Phi) is 4.65. The van der Waals surface area contributed by atoms with Gasteiger partial charge in [-0.05, 0) is 36.1 Å². The van der Waals surface area contributed by atoms with E-state index in [1.165, 1.54) is 33.2 Å². The standard InChI is InChI=1S/C27H32N/c1-6-20-13-10-14-21(7-2)25(20)28-19-27(5,18-26(28,3)4)24-17-11-15-22-12-8-9-16-23(22)24/h8-17,19H,6-7,18H2,1-5H3/q+1. The average molecular weight is 371 g/mol. The van der Waals surface area contributed by atoms with Crippen LogP contribution in [0.1, 0.15) is 57.7 Å². The van der Waals surface area contributed by atoms with E-state index in [-0.39, 0.29) is 11.0 Å². The van der Waals surface area contributed by atoms with Crippen molar-refractivity contribution in [1.82, 2.24) is 0 Å². The van der Waals surface area contributed by atoms with Crippen LogP contribution in [0.15, 0.2) is 60.7 Å². The van der Waals surface area contributed by atoms with Crippen LogP contribution in [0.3, 0.4) is 0 Å². The maximum absolute atomic E-state index is 2.59. The van der Waals surface area contributed by atoms with E-state index in [1.807, 2.05) is 0 Å². The zero-order chi connectivity index (χ0) is 19.9. The summed E-state index contributed by atoms with van der Waals surface area (Å²) in [6, 6.07) is 22.4. The van der Waals surface area contributed by atoms with Gasteiger partial charge < -0.3 is 0 Å². The van der Waals surface area contributed by atoms with Gasteiger partial charge in [-0.15, -0.1) is 0 Å². The predicted molar refractivity (Wildman–Crippen MR) is 121 cm³/mol. The molecule has 1 heterocycles. The van der Waals surface area contributed by atoms with Gasteiger partial charge in [0.25, 0.3) is 0 Å². The molecule has 3 aromatic rings. The summed E-state index contributed by atoms with van der Waals surface area (Å²) in [5, 5.41) is 2.70. The van der Waals surface area contributed by atoms with Crippen molar-refractivity contribution in [3.63, 3.8) is 0 Å². The average Bonchev–Trinajstić information content (AvgIpc) is 2.96. The number of nitrogens with zero attached hydrogens (tertiary/aromatic N) is 1. The molecule has 0 radical (unpaired) electrons. The van der Waals surface area contributed by atoms with Crippen LogP contribution in [0.5, 0.6) is 0 Å². The number of hydrogen-bond acceptors (Lipinski definition) is 0. The van der Waals surface area contributed by atoms with Crippen LogP contribution in [0.25, 0.3) is 10.8 Å². The minimum Gasteiger partial charge on any atom is -0.197 e. The van der Waals surface area contributed by atoms with Crippen molar-refractivity contribution in [3.05, 3.63) is 77.4 Å². The molecule has 0 bridgehead atoms. The molecule has 144 valence electrons. The lowest BCUT2D eigenvalue weighted by Gasteiger charge is -2.24. The molecule has 1 unspecified atom stereocenters. The van der Waals surface area contributed by atoms with Crippen molar-refractivity contribution in [3.8, 4) is 0 Å². The molecule has 4 rings (SSSR count). The fourth-order valence-electron chi connectivity index (χ4n) is 5.27. The van der Waals surface area contributed by atoms with E-state index >= 15 is 0 Å². The maximum Gasteiger partial charge on any atom is 0.211 e. The second-order valence-corrected chi connectivity index (χ2v) is 9.06. The van der Waals surface area contributed by atoms with Gasteiger partial charge in [0, 0.05) is 31.4 Å². The van der Waals surface area contributed by atoms with Crippen LogP contribution in [0, 0.1) is 0 Å². The van der Waals surface area contributed by atoms with Gasteiger partial charge in [0.1, 0.15) is 0 Å². The molecule has 3 aromatic carbocycles. The van der Waals surface area contributed by atoms with E-state index in [2.05, 4.69) is 106 Å². The van der Waals surface area contributed by atoms with Gasteiger partial charge in [0.2, 0.25) is 5.69 Å². The highest BCUT2D eigenvalue weighted by Crippen LogP contribution is 2.44. The molecule has 0 aromatic heterocycles. The van der Waals surface area contributed by atoms with Crippen LogP contribution in [-0.4, -0.2) is 16.3 Å². The number of benzene rings is 3. The summed E-state index contributed by atoms with van der Waals surface area (Å²) in [6.07, 6.45) is 5.75. The zero-order valence-corrected chi connectivity index (χ0v) is 17.9. The van der Waals surface area contributed by atoms with Gasteiger partial charge in [0.15, 0.2) is 11.8 Å². The van der Waals surface area contributed by atoms with E-state index in [0.717, 1.165) is 19.3 Å². The summed E-state index contributed by atoms with van der Waals surface area (Å²) in [7, 11) is 0. The van der Waals surface area contributed by atoms with Crippen LogP contribution in [0.2, 0.25) is 0 Å². The molecular formula is C27H32N+. The Morgan fingerprint density at radius 1 is 0.786 bits per heavy atom. The normalized spacial score (nSPS) is 21.1. The molecule has 1 nitrogen and oxygen atoms in total. The van der Waals surface area contributed by atoms with E-state index in [0.29, 0.717) is 0 Å². The van der Waals surface area contributed by atoms with Crippen molar-refractivity contribution < 1.29 is 4.58 Å². The summed E-state index contributed by atoms with van der Waals surface area (Å²) in [6.45, 7) is 11.7. The van der Waals surface area contributed by atoms with Gasteiger partial charge in [-0.3, -0.25) is 0 Å². The number of fused-ring (bicyclic) bond motifs is 1. The first-order chi connectivity index (χ1) is 13.4. The van der Waals surface area contributed by atoms with E-state index < -0.39 is 0 Å². The van der Waals surface area contributed by atoms with Gasteiger partial charge in [-0.2, -0.15) is 4.58 Å². The Morgan fingerprint density at radius 3 is 2.07 bits per heavy atom. The summed E-state index contributed by atoms with van der Waals surface area (Å²) in [5.74, 6) is 0. The fraction of sp³-hybridized carbons (Fsp3) is 0.370. The van der Waals surface area contributed by atoms with Crippen molar-refractivity contribution in [2.24, 2.45) is 0 Å². The lowest BCUT2D eigenvalue weighted by atomic mass is 9.76. The molecule has 0 spiro atoms.